The number of hydrogen-bond acceptors (Lipinski definition) is 5. The van der Waals surface area contributed by atoms with E-state index in [1.165, 1.54) is 0 Å². The zero-order valence-electron chi connectivity index (χ0n) is 9.21. The van der Waals surface area contributed by atoms with Gasteiger partial charge in [-0.2, -0.15) is 5.26 Å². The zero-order valence-corrected chi connectivity index (χ0v) is 11.7. The minimum atomic E-state index is 0.763. The molecule has 0 spiro atoms. The first kappa shape index (κ1) is 12.5. The highest BCUT2D eigenvalue weighted by Crippen LogP contribution is 2.35. The summed E-state index contributed by atoms with van der Waals surface area (Å²) in [4.78, 5) is 6.27. The van der Waals surface area contributed by atoms with Gasteiger partial charge in [-0.3, -0.25) is 0 Å². The van der Waals surface area contributed by atoms with Gasteiger partial charge in [0.15, 0.2) is 4.34 Å². The predicted octanol–water partition coefficient (Wildman–Crippen LogP) is 4.28. The number of nitriles is 1. The summed E-state index contributed by atoms with van der Waals surface area (Å²) >= 11 is 4.85. The summed E-state index contributed by atoms with van der Waals surface area (Å²) in [7, 11) is 0. The zero-order chi connectivity index (χ0) is 12.1. The molecule has 0 radical (unpaired) electrons. The molecule has 0 aliphatic heterocycles. The van der Waals surface area contributed by atoms with E-state index in [2.05, 4.69) is 18.0 Å². The molecule has 0 fully saturated rings. The van der Waals surface area contributed by atoms with Crippen molar-refractivity contribution in [3.05, 3.63) is 35.3 Å². The molecule has 0 bridgehead atoms. The number of hydrogen-bond donors (Lipinski definition) is 0. The fourth-order valence-corrected chi connectivity index (χ4v) is 3.88. The van der Waals surface area contributed by atoms with Crippen LogP contribution in [0, 0.1) is 11.3 Å². The Balaban J connectivity index is 2.34. The third kappa shape index (κ3) is 3.03. The van der Waals surface area contributed by atoms with Crippen molar-refractivity contribution in [2.45, 2.75) is 21.1 Å². The van der Waals surface area contributed by atoms with Gasteiger partial charge in [0.25, 0.3) is 0 Å². The van der Waals surface area contributed by atoms with E-state index in [4.69, 9.17) is 0 Å². The van der Waals surface area contributed by atoms with E-state index in [-0.39, 0.29) is 0 Å². The molecule has 1 aromatic carbocycles. The van der Waals surface area contributed by atoms with Gasteiger partial charge in [-0.15, -0.1) is 23.1 Å². The van der Waals surface area contributed by atoms with Crippen molar-refractivity contribution in [2.24, 2.45) is 0 Å². The average molecular weight is 278 g/mol. The molecular weight excluding hydrogens is 268 g/mol. The summed E-state index contributed by atoms with van der Waals surface area (Å²) in [6.45, 7) is 2.09. The van der Waals surface area contributed by atoms with Crippen LogP contribution in [0.4, 0.5) is 0 Å². The maximum atomic E-state index is 9.26. The lowest BCUT2D eigenvalue weighted by molar-refractivity contribution is 1.22. The molecule has 2 aromatic rings. The highest BCUT2D eigenvalue weighted by atomic mass is 32.2. The Hall–Kier alpha value is -0.960. The van der Waals surface area contributed by atoms with Crippen LogP contribution < -0.4 is 0 Å². The maximum absolute atomic E-state index is 9.26. The Morgan fingerprint density at radius 2 is 2.24 bits per heavy atom. The second-order valence-corrected chi connectivity index (χ2v) is 6.56. The number of nitrogens with zero attached hydrogens (tertiary/aromatic N) is 2. The van der Waals surface area contributed by atoms with Gasteiger partial charge in [0.1, 0.15) is 6.07 Å². The van der Waals surface area contributed by atoms with Crippen LogP contribution in [0.5, 0.6) is 0 Å². The van der Waals surface area contributed by atoms with Gasteiger partial charge in [0.05, 0.1) is 5.56 Å². The fraction of sp³-hybridized carbons (Fsp3) is 0.167. The van der Waals surface area contributed by atoms with Gasteiger partial charge in [0, 0.05) is 21.4 Å². The van der Waals surface area contributed by atoms with Crippen molar-refractivity contribution in [3.63, 3.8) is 0 Å². The van der Waals surface area contributed by atoms with Crippen molar-refractivity contribution in [2.75, 3.05) is 5.75 Å². The summed E-state index contributed by atoms with van der Waals surface area (Å²) < 4.78 is 0.972. The second kappa shape index (κ2) is 6.10. The quantitative estimate of drug-likeness (QED) is 0.782. The number of rotatable bonds is 4. The monoisotopic (exact) mass is 278 g/mol. The molecule has 0 aliphatic carbocycles. The Bertz CT molecular complexity index is 529. The molecule has 0 amide bonds. The topological polar surface area (TPSA) is 36.7 Å². The molecule has 2 nitrogen and oxygen atoms in total. The van der Waals surface area contributed by atoms with Crippen molar-refractivity contribution in [3.8, 4) is 6.07 Å². The number of thiazole rings is 1. The highest BCUT2D eigenvalue weighted by molar-refractivity contribution is 8.01. The SMILES string of the molecule is CCSc1cccc(Sc2nccs2)c1C#N. The Kier molecular flexibility index (Phi) is 4.49. The average Bonchev–Trinajstić information content (AvgIpc) is 2.83. The van der Waals surface area contributed by atoms with Gasteiger partial charge in [0.2, 0.25) is 0 Å². The van der Waals surface area contributed by atoms with Crippen LogP contribution in [-0.4, -0.2) is 10.7 Å². The van der Waals surface area contributed by atoms with Crippen LogP contribution in [-0.2, 0) is 0 Å². The van der Waals surface area contributed by atoms with Gasteiger partial charge in [-0.1, -0.05) is 24.8 Å². The largest absolute Gasteiger partial charge is 0.238 e. The van der Waals surface area contributed by atoms with E-state index in [1.54, 1.807) is 41.1 Å². The summed E-state index contributed by atoms with van der Waals surface area (Å²) in [6, 6.07) is 8.27. The maximum Gasteiger partial charge on any atom is 0.154 e. The predicted molar refractivity (Wildman–Crippen MR) is 73.8 cm³/mol. The molecule has 0 saturated carbocycles. The van der Waals surface area contributed by atoms with Crippen LogP contribution in [0.15, 0.2) is 43.9 Å². The van der Waals surface area contributed by atoms with Gasteiger partial charge < -0.3 is 0 Å². The molecule has 0 atom stereocenters. The van der Waals surface area contributed by atoms with Crippen molar-refractivity contribution >= 4 is 34.9 Å². The molecule has 1 heterocycles. The highest BCUT2D eigenvalue weighted by Gasteiger charge is 2.10. The van der Waals surface area contributed by atoms with Gasteiger partial charge >= 0.3 is 0 Å². The van der Waals surface area contributed by atoms with E-state index in [0.717, 1.165) is 25.4 Å². The minimum absolute atomic E-state index is 0.763. The molecule has 5 heteroatoms. The van der Waals surface area contributed by atoms with Crippen molar-refractivity contribution < 1.29 is 0 Å². The Labute approximate surface area is 113 Å². The summed E-state index contributed by atoms with van der Waals surface area (Å²) in [5.74, 6) is 0.972. The molecule has 0 N–H and O–H groups in total. The Morgan fingerprint density at radius 1 is 1.41 bits per heavy atom. The molecule has 17 heavy (non-hydrogen) atoms. The lowest BCUT2D eigenvalue weighted by Crippen LogP contribution is -1.86. The normalized spacial score (nSPS) is 10.1. The second-order valence-electron chi connectivity index (χ2n) is 3.07. The van der Waals surface area contributed by atoms with Gasteiger partial charge in [-0.25, -0.2) is 4.98 Å². The third-order valence-corrected chi connectivity index (χ3v) is 4.89. The third-order valence-electron chi connectivity index (χ3n) is 2.01. The Morgan fingerprint density at radius 3 is 2.88 bits per heavy atom. The van der Waals surface area contributed by atoms with E-state index < -0.39 is 0 Å². The van der Waals surface area contributed by atoms with Crippen LogP contribution >= 0.6 is 34.9 Å². The molecule has 2 rings (SSSR count). The summed E-state index contributed by atoms with van der Waals surface area (Å²) in [5, 5.41) is 11.2. The molecule has 1 aromatic heterocycles. The lowest BCUT2D eigenvalue weighted by atomic mass is 10.2. The first-order valence-electron chi connectivity index (χ1n) is 5.08. The summed E-state index contributed by atoms with van der Waals surface area (Å²) in [5.41, 5.74) is 0.763. The standard InChI is InChI=1S/C12H10N2S3/c1-2-15-10-4-3-5-11(9(10)8-13)17-12-14-6-7-16-12/h3-7H,2H2,1H3. The van der Waals surface area contributed by atoms with Gasteiger partial charge in [-0.05, 0) is 17.9 Å². The van der Waals surface area contributed by atoms with E-state index in [0.29, 0.717) is 0 Å². The molecular formula is C12H10N2S3. The molecule has 0 aliphatic rings. The number of benzene rings is 1. The molecule has 0 unspecified atom stereocenters. The first-order chi connectivity index (χ1) is 8.35. The molecule has 0 saturated heterocycles. The van der Waals surface area contributed by atoms with Crippen molar-refractivity contribution in [1.29, 1.82) is 5.26 Å². The van der Waals surface area contributed by atoms with E-state index in [9.17, 15) is 5.26 Å². The number of thioether (sulfide) groups is 1. The molecule has 86 valence electrons. The van der Waals surface area contributed by atoms with Crippen LogP contribution in [0.2, 0.25) is 0 Å². The van der Waals surface area contributed by atoms with Crippen molar-refractivity contribution in [1.82, 2.24) is 4.98 Å². The van der Waals surface area contributed by atoms with Crippen LogP contribution in [0.25, 0.3) is 0 Å². The summed E-state index contributed by atoms with van der Waals surface area (Å²) in [6.07, 6.45) is 1.78. The smallest absolute Gasteiger partial charge is 0.154 e. The minimum Gasteiger partial charge on any atom is -0.238 e. The van der Waals surface area contributed by atoms with E-state index in [1.807, 2.05) is 23.6 Å². The first-order valence-corrected chi connectivity index (χ1v) is 7.76. The van der Waals surface area contributed by atoms with Crippen LogP contribution in [0.3, 0.4) is 0 Å². The number of aromatic nitrogens is 1. The van der Waals surface area contributed by atoms with E-state index >= 15 is 0 Å². The lowest BCUT2D eigenvalue weighted by Gasteiger charge is -2.06. The van der Waals surface area contributed by atoms with Crippen LogP contribution in [0.1, 0.15) is 12.5 Å². The fourth-order valence-electron chi connectivity index (χ4n) is 1.34.